The van der Waals surface area contributed by atoms with E-state index in [2.05, 4.69) is 118 Å². The lowest BCUT2D eigenvalue weighted by Crippen LogP contribution is -2.30. The van der Waals surface area contributed by atoms with Crippen LogP contribution in [-0.2, 0) is 28.6 Å². The molecule has 0 radical (unpaired) electrons. The smallest absolute Gasteiger partial charge is 0.306 e. The van der Waals surface area contributed by atoms with Crippen LogP contribution in [0.5, 0.6) is 0 Å². The van der Waals surface area contributed by atoms with Crippen LogP contribution in [-0.4, -0.2) is 37.2 Å². The molecule has 0 spiro atoms. The van der Waals surface area contributed by atoms with Gasteiger partial charge in [-0.3, -0.25) is 14.4 Å². The molecule has 0 heterocycles. The van der Waals surface area contributed by atoms with Gasteiger partial charge in [0.1, 0.15) is 13.2 Å². The quantitative estimate of drug-likeness (QED) is 0.0199. The van der Waals surface area contributed by atoms with E-state index < -0.39 is 6.10 Å². The highest BCUT2D eigenvalue weighted by Gasteiger charge is 2.19. The number of rotatable bonds is 49. The summed E-state index contributed by atoms with van der Waals surface area (Å²) in [5.74, 6) is -0.937. The fourth-order valence-corrected chi connectivity index (χ4v) is 7.46. The average Bonchev–Trinajstić information content (AvgIpc) is 3.33. The molecular formula is C61H102O6. The molecular weight excluding hydrogens is 829 g/mol. The Labute approximate surface area is 413 Å². The van der Waals surface area contributed by atoms with E-state index in [1.165, 1.54) is 103 Å². The number of hydrogen-bond donors (Lipinski definition) is 0. The fourth-order valence-electron chi connectivity index (χ4n) is 7.46. The molecule has 0 aliphatic rings. The molecule has 0 amide bonds. The molecule has 67 heavy (non-hydrogen) atoms. The van der Waals surface area contributed by atoms with Crippen LogP contribution < -0.4 is 0 Å². The SMILES string of the molecule is CC/C=C\C/C=C\C/C=C\C/C=C\CCCCCC(=O)OC(COC(=O)CCCCCCCCC/C=C\C/C=C\CC)COC(=O)CCCCCCCCCCCC/C=C\C=C/CCCCC. The zero-order valence-electron chi connectivity index (χ0n) is 43.6. The second kappa shape index (κ2) is 54.9. The maximum absolute atomic E-state index is 12.8. The first-order valence-electron chi connectivity index (χ1n) is 27.8. The van der Waals surface area contributed by atoms with Gasteiger partial charge in [-0.25, -0.2) is 0 Å². The molecule has 0 saturated heterocycles. The number of carbonyl (C=O) groups is 3. The summed E-state index contributed by atoms with van der Waals surface area (Å²) in [6.07, 6.45) is 72.5. The van der Waals surface area contributed by atoms with Crippen molar-refractivity contribution in [3.8, 4) is 0 Å². The number of hydrogen-bond acceptors (Lipinski definition) is 6. The molecule has 0 saturated carbocycles. The average molecular weight is 931 g/mol. The van der Waals surface area contributed by atoms with Gasteiger partial charge in [0.25, 0.3) is 0 Å². The maximum atomic E-state index is 12.8. The Morgan fingerprint density at radius 3 is 1.01 bits per heavy atom. The molecule has 0 aliphatic heterocycles. The number of allylic oxidation sites excluding steroid dienone is 16. The predicted octanol–water partition coefficient (Wildman–Crippen LogP) is 18.5. The highest BCUT2D eigenvalue weighted by atomic mass is 16.6. The highest BCUT2D eigenvalue weighted by molar-refractivity contribution is 5.71. The van der Waals surface area contributed by atoms with Crippen molar-refractivity contribution in [2.45, 2.75) is 258 Å². The van der Waals surface area contributed by atoms with Crippen LogP contribution in [0.4, 0.5) is 0 Å². The van der Waals surface area contributed by atoms with E-state index in [1.54, 1.807) is 0 Å². The van der Waals surface area contributed by atoms with Gasteiger partial charge in [0.05, 0.1) is 0 Å². The van der Waals surface area contributed by atoms with Gasteiger partial charge in [-0.2, -0.15) is 0 Å². The van der Waals surface area contributed by atoms with Gasteiger partial charge in [-0.05, 0) is 109 Å². The molecule has 1 unspecified atom stereocenters. The minimum atomic E-state index is -0.800. The Morgan fingerprint density at radius 1 is 0.328 bits per heavy atom. The fraction of sp³-hybridized carbons (Fsp3) is 0.689. The van der Waals surface area contributed by atoms with Crippen molar-refractivity contribution in [2.24, 2.45) is 0 Å². The summed E-state index contributed by atoms with van der Waals surface area (Å²) in [4.78, 5) is 38.1. The molecule has 0 aromatic rings. The van der Waals surface area contributed by atoms with Gasteiger partial charge in [0.2, 0.25) is 0 Å². The van der Waals surface area contributed by atoms with Crippen LogP contribution >= 0.6 is 0 Å². The zero-order valence-corrected chi connectivity index (χ0v) is 43.6. The Hall–Kier alpha value is -3.67. The number of ether oxygens (including phenoxy) is 3. The minimum Gasteiger partial charge on any atom is -0.462 e. The first-order valence-corrected chi connectivity index (χ1v) is 27.8. The van der Waals surface area contributed by atoms with Crippen molar-refractivity contribution in [3.63, 3.8) is 0 Å². The van der Waals surface area contributed by atoms with Crippen LogP contribution in [0.3, 0.4) is 0 Å². The Morgan fingerprint density at radius 2 is 0.627 bits per heavy atom. The first-order chi connectivity index (χ1) is 33.0. The molecule has 0 aromatic heterocycles. The molecule has 0 aliphatic carbocycles. The van der Waals surface area contributed by atoms with Crippen LogP contribution in [0.1, 0.15) is 252 Å². The topological polar surface area (TPSA) is 78.9 Å². The Kier molecular flexibility index (Phi) is 51.9. The summed E-state index contributed by atoms with van der Waals surface area (Å²) in [6.45, 7) is 6.36. The van der Waals surface area contributed by atoms with Crippen LogP contribution in [0.25, 0.3) is 0 Å². The third-order valence-corrected chi connectivity index (χ3v) is 11.6. The Bertz CT molecular complexity index is 1350. The van der Waals surface area contributed by atoms with Crippen molar-refractivity contribution in [1.82, 2.24) is 0 Å². The van der Waals surface area contributed by atoms with Gasteiger partial charge in [0.15, 0.2) is 6.10 Å². The number of unbranched alkanes of at least 4 members (excludes halogenated alkanes) is 23. The third kappa shape index (κ3) is 53.2. The van der Waals surface area contributed by atoms with Crippen LogP contribution in [0.15, 0.2) is 97.2 Å². The Balaban J connectivity index is 4.43. The molecule has 6 heteroatoms. The lowest BCUT2D eigenvalue weighted by molar-refractivity contribution is -0.167. The lowest BCUT2D eigenvalue weighted by atomic mass is 10.1. The normalized spacial score (nSPS) is 12.8. The summed E-state index contributed by atoms with van der Waals surface area (Å²) in [5.41, 5.74) is 0. The molecule has 0 aromatic carbocycles. The molecule has 382 valence electrons. The van der Waals surface area contributed by atoms with Gasteiger partial charge in [-0.15, -0.1) is 0 Å². The molecule has 0 fully saturated rings. The minimum absolute atomic E-state index is 0.0954. The van der Waals surface area contributed by atoms with E-state index >= 15 is 0 Å². The second-order valence-electron chi connectivity index (χ2n) is 18.1. The van der Waals surface area contributed by atoms with E-state index in [9.17, 15) is 14.4 Å². The molecule has 6 nitrogen and oxygen atoms in total. The number of esters is 3. The van der Waals surface area contributed by atoms with Crippen molar-refractivity contribution < 1.29 is 28.6 Å². The first kappa shape index (κ1) is 63.3. The molecule has 0 rings (SSSR count). The summed E-state index contributed by atoms with van der Waals surface area (Å²) in [5, 5.41) is 0. The van der Waals surface area contributed by atoms with Crippen LogP contribution in [0, 0.1) is 0 Å². The maximum Gasteiger partial charge on any atom is 0.306 e. The summed E-state index contributed by atoms with van der Waals surface area (Å²) in [6, 6.07) is 0. The van der Waals surface area contributed by atoms with E-state index in [0.29, 0.717) is 12.8 Å². The second-order valence-corrected chi connectivity index (χ2v) is 18.1. The lowest BCUT2D eigenvalue weighted by Gasteiger charge is -2.18. The van der Waals surface area contributed by atoms with E-state index in [1.807, 2.05) is 0 Å². The summed E-state index contributed by atoms with van der Waals surface area (Å²) >= 11 is 0. The van der Waals surface area contributed by atoms with Gasteiger partial charge in [0, 0.05) is 19.3 Å². The number of carbonyl (C=O) groups excluding carboxylic acids is 3. The molecule has 0 N–H and O–H groups in total. The van der Waals surface area contributed by atoms with Crippen molar-refractivity contribution in [2.75, 3.05) is 13.2 Å². The third-order valence-electron chi connectivity index (χ3n) is 11.6. The van der Waals surface area contributed by atoms with E-state index in [-0.39, 0.29) is 37.5 Å². The summed E-state index contributed by atoms with van der Waals surface area (Å²) in [7, 11) is 0. The molecule has 0 bridgehead atoms. The monoisotopic (exact) mass is 931 g/mol. The largest absolute Gasteiger partial charge is 0.462 e. The zero-order chi connectivity index (χ0) is 48.6. The van der Waals surface area contributed by atoms with E-state index in [4.69, 9.17) is 14.2 Å². The standard InChI is InChI=1S/C61H102O6/c1-4-7-10-13-16-19-22-25-28-30-31-32-34-36-39-42-45-48-51-54-60(63)66-57-58(56-65-59(62)53-50-47-44-41-38-35-27-24-21-18-15-12-9-6-3)67-61(64)55-52-49-46-43-40-37-33-29-26-23-20-17-14-11-8-5-2/h8-9,11-12,16-22,25-26,29,37,40,58H,4-7,10,13-15,23-24,27-28,30-36,38-39,41-57H2,1-3H3/b11-8-,12-9-,19-16-,20-17-,21-18-,25-22-,29-26-,40-37-. The van der Waals surface area contributed by atoms with Crippen LogP contribution in [0.2, 0.25) is 0 Å². The highest BCUT2D eigenvalue weighted by Crippen LogP contribution is 2.15. The summed E-state index contributed by atoms with van der Waals surface area (Å²) < 4.78 is 16.8. The predicted molar refractivity (Wildman–Crippen MR) is 288 cm³/mol. The van der Waals surface area contributed by atoms with Crippen molar-refractivity contribution >= 4 is 17.9 Å². The van der Waals surface area contributed by atoms with Crippen molar-refractivity contribution in [3.05, 3.63) is 97.2 Å². The van der Waals surface area contributed by atoms with Gasteiger partial charge >= 0.3 is 17.9 Å². The van der Waals surface area contributed by atoms with Gasteiger partial charge < -0.3 is 14.2 Å². The molecule has 1 atom stereocenters. The van der Waals surface area contributed by atoms with E-state index in [0.717, 1.165) is 109 Å². The van der Waals surface area contributed by atoms with Gasteiger partial charge in [-0.1, -0.05) is 221 Å². The van der Waals surface area contributed by atoms with Crippen molar-refractivity contribution in [1.29, 1.82) is 0 Å².